The lowest BCUT2D eigenvalue weighted by atomic mass is 10.2. The van der Waals surface area contributed by atoms with E-state index in [4.69, 9.17) is 14.5 Å². The molecule has 2 aromatic carbocycles. The Bertz CT molecular complexity index is 1450. The maximum atomic E-state index is 13.5. The van der Waals surface area contributed by atoms with Crippen molar-refractivity contribution < 1.29 is 14.3 Å². The number of hydrogen-bond donors (Lipinski definition) is 1. The van der Waals surface area contributed by atoms with E-state index in [1.807, 2.05) is 44.2 Å². The molecule has 7 nitrogen and oxygen atoms in total. The predicted molar refractivity (Wildman–Crippen MR) is 135 cm³/mol. The van der Waals surface area contributed by atoms with Gasteiger partial charge in [0.05, 0.1) is 17.2 Å². The van der Waals surface area contributed by atoms with Crippen LogP contribution < -0.4 is 20.3 Å². The van der Waals surface area contributed by atoms with Crippen LogP contribution in [0.4, 0.5) is 5.69 Å². The van der Waals surface area contributed by atoms with Gasteiger partial charge in [-0.05, 0) is 44.0 Å². The highest BCUT2D eigenvalue weighted by Gasteiger charge is 2.22. The van der Waals surface area contributed by atoms with Crippen molar-refractivity contribution in [3.63, 3.8) is 0 Å². The molecule has 0 radical (unpaired) electrons. The quantitative estimate of drug-likeness (QED) is 0.302. The first-order chi connectivity index (χ1) is 16.4. The average molecular weight is 494 g/mol. The number of amides is 1. The van der Waals surface area contributed by atoms with Gasteiger partial charge in [0.25, 0.3) is 5.56 Å². The molecule has 1 amide bonds. The van der Waals surface area contributed by atoms with Crippen LogP contribution in [0.15, 0.2) is 58.5 Å². The summed E-state index contributed by atoms with van der Waals surface area (Å²) in [5, 5.41) is 3.61. The van der Waals surface area contributed by atoms with Gasteiger partial charge in [-0.1, -0.05) is 42.1 Å². The van der Waals surface area contributed by atoms with Gasteiger partial charge in [0.2, 0.25) is 12.7 Å². The van der Waals surface area contributed by atoms with E-state index in [9.17, 15) is 9.59 Å². The van der Waals surface area contributed by atoms with Gasteiger partial charge in [-0.3, -0.25) is 14.2 Å². The van der Waals surface area contributed by atoms with E-state index in [0.29, 0.717) is 39.1 Å². The molecule has 5 rings (SSSR count). The fraction of sp³-hybridized carbons (Fsp3) is 0.240. The zero-order valence-electron chi connectivity index (χ0n) is 19.0. The minimum atomic E-state index is -0.487. The molecule has 4 aromatic rings. The van der Waals surface area contributed by atoms with E-state index < -0.39 is 5.25 Å². The van der Waals surface area contributed by atoms with Gasteiger partial charge in [0, 0.05) is 16.6 Å². The van der Waals surface area contributed by atoms with Crippen molar-refractivity contribution in [1.29, 1.82) is 0 Å². The maximum absolute atomic E-state index is 13.5. The van der Waals surface area contributed by atoms with Gasteiger partial charge in [-0.15, -0.1) is 11.3 Å². The first-order valence-corrected chi connectivity index (χ1v) is 12.5. The molecule has 0 aliphatic carbocycles. The standard InChI is InChI=1S/C25H23N3O4S2/c1-14-15(2)33-23-21(14)24(30)28(12-17-7-5-4-6-8-17)25(27-23)34-16(3)22(29)26-18-9-10-19-20(11-18)32-13-31-19/h4-11,16H,12-13H2,1-3H3,(H,26,29)/t16-/m0/s1. The molecule has 0 bridgehead atoms. The normalized spacial score (nSPS) is 13.3. The summed E-state index contributed by atoms with van der Waals surface area (Å²) < 4.78 is 12.4. The lowest BCUT2D eigenvalue weighted by molar-refractivity contribution is -0.115. The number of hydrogen-bond acceptors (Lipinski definition) is 7. The average Bonchev–Trinajstić information content (AvgIpc) is 3.40. The van der Waals surface area contributed by atoms with Crippen molar-refractivity contribution in [1.82, 2.24) is 9.55 Å². The Morgan fingerprint density at radius 2 is 1.94 bits per heavy atom. The SMILES string of the molecule is Cc1sc2nc(S[C@@H](C)C(=O)Nc3ccc4c(c3)OCO4)n(Cc3ccccc3)c(=O)c2c1C. The highest BCUT2D eigenvalue weighted by atomic mass is 32.2. The molecular weight excluding hydrogens is 470 g/mol. The number of thiophene rings is 1. The van der Waals surface area contributed by atoms with Gasteiger partial charge >= 0.3 is 0 Å². The predicted octanol–water partition coefficient (Wildman–Crippen LogP) is 4.97. The molecule has 1 aliphatic rings. The molecule has 0 spiro atoms. The maximum Gasteiger partial charge on any atom is 0.263 e. The molecule has 9 heteroatoms. The molecule has 1 atom stereocenters. The Balaban J connectivity index is 1.45. The zero-order valence-corrected chi connectivity index (χ0v) is 20.6. The summed E-state index contributed by atoms with van der Waals surface area (Å²) in [4.78, 5) is 33.1. The number of carbonyl (C=O) groups is 1. The lowest BCUT2D eigenvalue weighted by Gasteiger charge is -2.16. The molecule has 3 heterocycles. The number of nitrogens with one attached hydrogen (secondary N) is 1. The number of fused-ring (bicyclic) bond motifs is 2. The highest BCUT2D eigenvalue weighted by Crippen LogP contribution is 2.35. The number of aromatic nitrogens is 2. The van der Waals surface area contributed by atoms with Crippen molar-refractivity contribution in [2.45, 2.75) is 37.7 Å². The minimum Gasteiger partial charge on any atom is -0.454 e. The van der Waals surface area contributed by atoms with Crippen molar-refractivity contribution in [2.75, 3.05) is 12.1 Å². The minimum absolute atomic E-state index is 0.0819. The van der Waals surface area contributed by atoms with Gasteiger partial charge in [0.1, 0.15) is 4.83 Å². The summed E-state index contributed by atoms with van der Waals surface area (Å²) in [5.74, 6) is 1.07. The van der Waals surface area contributed by atoms with Gasteiger partial charge < -0.3 is 14.8 Å². The van der Waals surface area contributed by atoms with Crippen LogP contribution in [-0.2, 0) is 11.3 Å². The third-order valence-electron chi connectivity index (χ3n) is 5.73. The molecule has 0 saturated carbocycles. The van der Waals surface area contributed by atoms with Crippen LogP contribution in [0.25, 0.3) is 10.2 Å². The molecule has 2 aromatic heterocycles. The van der Waals surface area contributed by atoms with E-state index in [1.54, 1.807) is 29.7 Å². The molecule has 34 heavy (non-hydrogen) atoms. The molecule has 0 saturated heterocycles. The summed E-state index contributed by atoms with van der Waals surface area (Å²) >= 11 is 2.78. The van der Waals surface area contributed by atoms with E-state index >= 15 is 0 Å². The number of thioether (sulfide) groups is 1. The Morgan fingerprint density at radius 3 is 2.74 bits per heavy atom. The fourth-order valence-corrected chi connectivity index (χ4v) is 5.71. The van der Waals surface area contributed by atoms with Crippen LogP contribution in [0, 0.1) is 13.8 Å². The number of nitrogens with zero attached hydrogens (tertiary/aromatic N) is 2. The highest BCUT2D eigenvalue weighted by molar-refractivity contribution is 8.00. The third-order valence-corrected chi connectivity index (χ3v) is 7.92. The summed E-state index contributed by atoms with van der Waals surface area (Å²) in [7, 11) is 0. The van der Waals surface area contributed by atoms with E-state index in [0.717, 1.165) is 16.0 Å². The van der Waals surface area contributed by atoms with Crippen LogP contribution in [0.2, 0.25) is 0 Å². The Morgan fingerprint density at radius 1 is 1.18 bits per heavy atom. The molecule has 174 valence electrons. The number of anilines is 1. The number of ether oxygens (including phenoxy) is 2. The topological polar surface area (TPSA) is 82.4 Å². The molecular formula is C25H23N3O4S2. The molecule has 1 N–H and O–H groups in total. The van der Waals surface area contributed by atoms with Crippen LogP contribution >= 0.6 is 23.1 Å². The molecule has 0 unspecified atom stereocenters. The van der Waals surface area contributed by atoms with Crippen LogP contribution in [-0.4, -0.2) is 27.5 Å². The summed E-state index contributed by atoms with van der Waals surface area (Å²) in [6, 6.07) is 15.1. The van der Waals surface area contributed by atoms with E-state index in [2.05, 4.69) is 5.32 Å². The number of benzene rings is 2. The van der Waals surface area contributed by atoms with Crippen molar-refractivity contribution >= 4 is 44.9 Å². The van der Waals surface area contributed by atoms with Gasteiger partial charge in [-0.2, -0.15) is 0 Å². The Kier molecular flexibility index (Phi) is 6.05. The second kappa shape index (κ2) is 9.15. The van der Waals surface area contributed by atoms with E-state index in [1.165, 1.54) is 23.1 Å². The monoisotopic (exact) mass is 493 g/mol. The second-order valence-corrected chi connectivity index (χ2v) is 10.6. The van der Waals surface area contributed by atoms with Crippen molar-refractivity contribution in [3.05, 3.63) is 74.9 Å². The van der Waals surface area contributed by atoms with Crippen molar-refractivity contribution in [2.24, 2.45) is 0 Å². The zero-order chi connectivity index (χ0) is 23.8. The lowest BCUT2D eigenvalue weighted by Crippen LogP contribution is -2.27. The molecule has 1 aliphatic heterocycles. The number of aryl methyl sites for hydroxylation is 2. The summed E-state index contributed by atoms with van der Waals surface area (Å²) in [5.41, 5.74) is 2.50. The summed E-state index contributed by atoms with van der Waals surface area (Å²) in [6.07, 6.45) is 0. The second-order valence-electron chi connectivity index (χ2n) is 8.05. The Labute approximate surface area is 204 Å². The first kappa shape index (κ1) is 22.5. The van der Waals surface area contributed by atoms with Crippen LogP contribution in [0.3, 0.4) is 0 Å². The number of rotatable bonds is 6. The Hall–Kier alpha value is -3.30. The number of carbonyl (C=O) groups excluding carboxylic acids is 1. The van der Waals surface area contributed by atoms with Gasteiger partial charge in [0.15, 0.2) is 16.7 Å². The van der Waals surface area contributed by atoms with E-state index in [-0.39, 0.29) is 18.3 Å². The van der Waals surface area contributed by atoms with Crippen LogP contribution in [0.1, 0.15) is 22.9 Å². The smallest absolute Gasteiger partial charge is 0.263 e. The third kappa shape index (κ3) is 4.28. The first-order valence-electron chi connectivity index (χ1n) is 10.8. The van der Waals surface area contributed by atoms with Crippen molar-refractivity contribution in [3.8, 4) is 11.5 Å². The molecule has 0 fully saturated rings. The van der Waals surface area contributed by atoms with Crippen LogP contribution in [0.5, 0.6) is 11.5 Å². The largest absolute Gasteiger partial charge is 0.454 e. The van der Waals surface area contributed by atoms with Gasteiger partial charge in [-0.25, -0.2) is 4.98 Å². The fourth-order valence-electron chi connectivity index (χ4n) is 3.73. The summed E-state index contributed by atoms with van der Waals surface area (Å²) in [6.45, 7) is 6.32.